The minimum absolute atomic E-state index is 0.0650. The Morgan fingerprint density at radius 1 is 0.886 bits per heavy atom. The number of allylic oxidation sites excluding steroid dienone is 2. The van der Waals surface area contributed by atoms with Gasteiger partial charge in [-0.3, -0.25) is 43.3 Å². The van der Waals surface area contributed by atoms with E-state index in [-0.39, 0.29) is 101 Å². The molecular formula is C62H90N8O18. The molecule has 1 aromatic carbocycles. The number of anilines is 1. The van der Waals surface area contributed by atoms with Crippen molar-refractivity contribution in [2.75, 3.05) is 45.2 Å². The summed E-state index contributed by atoms with van der Waals surface area (Å²) in [4.78, 5) is 131. The highest BCUT2D eigenvalue weighted by Crippen LogP contribution is 2.38. The fourth-order valence-corrected chi connectivity index (χ4v) is 10.3. The van der Waals surface area contributed by atoms with Gasteiger partial charge in [0.1, 0.15) is 36.4 Å². The number of aliphatic hydroxyl groups is 3. The second-order valence-corrected chi connectivity index (χ2v) is 23.6. The summed E-state index contributed by atoms with van der Waals surface area (Å²) >= 11 is 0. The molecule has 1 aromatic rings. The lowest BCUT2D eigenvalue weighted by Crippen LogP contribution is -2.55. The Balaban J connectivity index is 1.08. The number of carbonyl (C=O) groups excluding carboxylic acids is 10. The van der Waals surface area contributed by atoms with E-state index in [1.165, 1.54) is 55.0 Å². The average Bonchev–Trinajstić information content (AvgIpc) is 3.04. The Morgan fingerprint density at radius 2 is 1.51 bits per heavy atom. The second kappa shape index (κ2) is 33.2. The van der Waals surface area contributed by atoms with Gasteiger partial charge in [0.15, 0.2) is 6.10 Å². The number of aliphatic hydroxyl groups excluding tert-OH is 2. The van der Waals surface area contributed by atoms with Crippen LogP contribution in [0.1, 0.15) is 125 Å². The molecule has 0 aliphatic carbocycles. The number of benzene rings is 1. The van der Waals surface area contributed by atoms with Crippen molar-refractivity contribution in [2.24, 2.45) is 17.6 Å². The van der Waals surface area contributed by atoms with Crippen LogP contribution in [0.5, 0.6) is 0 Å². The third-order valence-electron chi connectivity index (χ3n) is 16.2. The third kappa shape index (κ3) is 22.0. The molecule has 0 saturated carbocycles. The summed E-state index contributed by atoms with van der Waals surface area (Å²) in [5.74, 6) is -5.51. The Hall–Kier alpha value is -7.52. The normalized spacial score (nSPS) is 25.3. The topological polar surface area (TPSA) is 365 Å². The molecule has 6 unspecified atom stereocenters. The van der Waals surface area contributed by atoms with Crippen LogP contribution < -0.4 is 27.0 Å². The van der Waals surface area contributed by atoms with Gasteiger partial charge in [0.2, 0.25) is 29.5 Å². The summed E-state index contributed by atoms with van der Waals surface area (Å²) in [5, 5.41) is 42.4. The standard InChI is InChI=1S/C62H90N8O18/c1-10-46(72)39(4)55-47(86-55)35-61(7,83)26-14-15-37(2)54-38(3)17-22-48(62(8,84-9)27-25-44(71)33-53(77)88-54)87-60(82)69-31-29-68(30-32-69)59(81)85-36-42-18-20-43(21-19-42)66-58(80)45(34-49(63)73)67-57(79)41(6)65-56(78)40(5)64-50(74)16-12-11-13-28-70-51(75)23-24-52(70)76/h14-15,17-24,26,38-41,44-48,54-55,71-72,83H,10-13,16,25,27-36H2,1-9H3,(H2,63,73)(H,64,74)(H,65,78)(H,66,80)(H,67,79)/b22-17+,26-14+,37-15+/t38-,39?,40?,41?,44+,45?,46?,47+,48-,54+,55+,61?,62+/m0/s1. The van der Waals surface area contributed by atoms with E-state index in [0.717, 1.165) is 4.90 Å². The maximum absolute atomic E-state index is 13.9. The molecule has 2 fully saturated rings. The highest BCUT2D eigenvalue weighted by atomic mass is 16.6. The zero-order valence-electron chi connectivity index (χ0n) is 51.9. The van der Waals surface area contributed by atoms with Gasteiger partial charge in [-0.05, 0) is 96.1 Å². The number of methoxy groups -OCH3 is 1. The number of piperazine rings is 1. The second-order valence-electron chi connectivity index (χ2n) is 23.6. The predicted octanol–water partition coefficient (Wildman–Crippen LogP) is 3.11. The van der Waals surface area contributed by atoms with Crippen LogP contribution in [0.25, 0.3) is 0 Å². The van der Waals surface area contributed by atoms with Gasteiger partial charge in [0.25, 0.3) is 11.8 Å². The molecule has 5 rings (SSSR count). The quantitative estimate of drug-likeness (QED) is 0.0119. The maximum atomic E-state index is 13.9. The molecule has 4 heterocycles. The number of carbonyl (C=O) groups is 10. The van der Waals surface area contributed by atoms with E-state index in [1.807, 2.05) is 20.8 Å². The first kappa shape index (κ1) is 71.2. The van der Waals surface area contributed by atoms with Gasteiger partial charge in [0.05, 0.1) is 42.9 Å². The summed E-state index contributed by atoms with van der Waals surface area (Å²) < 4.78 is 29.4. The number of primary amides is 1. The number of unbranched alkanes of at least 4 members (excludes halogenated alkanes) is 2. The molecule has 486 valence electrons. The largest absolute Gasteiger partial charge is 0.457 e. The maximum Gasteiger partial charge on any atom is 0.410 e. The van der Waals surface area contributed by atoms with Gasteiger partial charge < -0.3 is 75.8 Å². The number of cyclic esters (lactones) is 1. The SMILES string of the molecule is CCC(O)C(C)[C@H]1O[C@@H]1CC(C)(O)/C=C/C=C(\C)[C@H]1OC(=O)C[C@H](O)CC[C@@](C)(OC)[C@@H](OC(=O)N2CCN(C(=O)OCc3ccc(NC(=O)C(CC(N)=O)NC(=O)C(C)NC(=O)C(C)NC(=O)CCCCCN4C(=O)C=CC4=O)cc3)CC2)/C=C/[C@@H]1C. The number of nitrogens with two attached hydrogens (primary N) is 1. The van der Waals surface area contributed by atoms with Crippen molar-refractivity contribution in [2.45, 2.75) is 192 Å². The predicted molar refractivity (Wildman–Crippen MR) is 320 cm³/mol. The van der Waals surface area contributed by atoms with Crippen LogP contribution in [-0.2, 0) is 68.6 Å². The van der Waals surface area contributed by atoms with Gasteiger partial charge in [-0.2, -0.15) is 0 Å². The number of nitrogens with one attached hydrogen (secondary N) is 4. The van der Waals surface area contributed by atoms with E-state index >= 15 is 0 Å². The first-order chi connectivity index (χ1) is 41.5. The number of amides is 9. The van der Waals surface area contributed by atoms with Gasteiger partial charge in [-0.25, -0.2) is 9.59 Å². The van der Waals surface area contributed by atoms with E-state index in [1.54, 1.807) is 63.3 Å². The number of ether oxygens (including phenoxy) is 5. The van der Waals surface area contributed by atoms with Gasteiger partial charge in [-0.15, -0.1) is 0 Å². The molecule has 9 N–H and O–H groups in total. The van der Waals surface area contributed by atoms with Crippen LogP contribution in [0.2, 0.25) is 0 Å². The highest BCUT2D eigenvalue weighted by molar-refractivity contribution is 6.12. The Labute approximate surface area is 513 Å². The molecule has 0 spiro atoms. The number of hydrogen-bond donors (Lipinski definition) is 8. The minimum Gasteiger partial charge on any atom is -0.457 e. The Morgan fingerprint density at radius 3 is 2.14 bits per heavy atom. The van der Waals surface area contributed by atoms with Crippen molar-refractivity contribution in [1.29, 1.82) is 0 Å². The summed E-state index contributed by atoms with van der Waals surface area (Å²) in [7, 11) is 1.47. The van der Waals surface area contributed by atoms with Crippen LogP contribution in [0.4, 0.5) is 15.3 Å². The minimum atomic E-state index is -1.44. The van der Waals surface area contributed by atoms with E-state index in [4.69, 9.17) is 29.4 Å². The Bertz CT molecular complexity index is 2740. The lowest BCUT2D eigenvalue weighted by Gasteiger charge is -2.38. The molecule has 26 nitrogen and oxygen atoms in total. The molecule has 0 bridgehead atoms. The van der Waals surface area contributed by atoms with E-state index in [9.17, 15) is 63.3 Å². The van der Waals surface area contributed by atoms with Crippen molar-refractivity contribution in [1.82, 2.24) is 30.7 Å². The van der Waals surface area contributed by atoms with Crippen LogP contribution in [0.3, 0.4) is 0 Å². The molecular weight excluding hydrogens is 1140 g/mol. The van der Waals surface area contributed by atoms with Crippen molar-refractivity contribution >= 4 is 65.2 Å². The van der Waals surface area contributed by atoms with E-state index in [0.29, 0.717) is 43.2 Å². The van der Waals surface area contributed by atoms with E-state index in [2.05, 4.69) is 21.3 Å². The smallest absolute Gasteiger partial charge is 0.410 e. The van der Waals surface area contributed by atoms with Crippen LogP contribution in [-0.4, -0.2) is 195 Å². The lowest BCUT2D eigenvalue weighted by molar-refractivity contribution is -0.151. The summed E-state index contributed by atoms with van der Waals surface area (Å²) in [6.07, 6.45) is 7.90. The lowest BCUT2D eigenvalue weighted by atomic mass is 9.88. The fourth-order valence-electron chi connectivity index (χ4n) is 10.3. The number of epoxide rings is 1. The molecule has 2 saturated heterocycles. The number of rotatable bonds is 27. The number of nitrogens with zero attached hydrogens (tertiary/aromatic N) is 3. The number of hydrogen-bond acceptors (Lipinski definition) is 18. The molecule has 4 aliphatic rings. The first-order valence-electron chi connectivity index (χ1n) is 30.0. The third-order valence-corrected chi connectivity index (χ3v) is 16.2. The molecule has 0 aromatic heterocycles. The zero-order chi connectivity index (χ0) is 65.0. The van der Waals surface area contributed by atoms with E-state index < -0.39 is 114 Å². The van der Waals surface area contributed by atoms with Crippen molar-refractivity contribution in [3.8, 4) is 0 Å². The molecule has 0 radical (unpaired) electrons. The molecule has 13 atom stereocenters. The summed E-state index contributed by atoms with van der Waals surface area (Å²) in [5.41, 5.74) is 4.49. The monoisotopic (exact) mass is 1230 g/mol. The molecule has 88 heavy (non-hydrogen) atoms. The van der Waals surface area contributed by atoms with Crippen molar-refractivity contribution in [3.05, 3.63) is 77.9 Å². The van der Waals surface area contributed by atoms with Gasteiger partial charge in [0, 0.05) is 82.4 Å². The fraction of sp³-hybridized carbons (Fsp3) is 0.613. The van der Waals surface area contributed by atoms with Gasteiger partial charge in [-0.1, -0.05) is 63.6 Å². The van der Waals surface area contributed by atoms with Crippen LogP contribution in [0, 0.1) is 11.8 Å². The average molecular weight is 1240 g/mol. The first-order valence-corrected chi connectivity index (χ1v) is 30.0. The Kier molecular flexibility index (Phi) is 26.9. The van der Waals surface area contributed by atoms with Crippen molar-refractivity contribution in [3.63, 3.8) is 0 Å². The summed E-state index contributed by atoms with van der Waals surface area (Å²) in [6.45, 7) is 14.2. The highest BCUT2D eigenvalue weighted by Gasteiger charge is 2.47. The summed E-state index contributed by atoms with van der Waals surface area (Å²) in [6, 6.07) is 2.52. The van der Waals surface area contributed by atoms with Crippen molar-refractivity contribution < 1.29 is 86.9 Å². The number of esters is 1. The van der Waals surface area contributed by atoms with Crippen LogP contribution in [0.15, 0.2) is 72.4 Å². The molecule has 9 amide bonds. The number of imide groups is 1. The molecule has 26 heteroatoms. The zero-order valence-corrected chi connectivity index (χ0v) is 51.9. The molecule has 4 aliphatic heterocycles. The van der Waals surface area contributed by atoms with Crippen LogP contribution >= 0.6 is 0 Å². The van der Waals surface area contributed by atoms with Gasteiger partial charge >= 0.3 is 18.2 Å².